The van der Waals surface area contributed by atoms with Crippen LogP contribution in [0.15, 0.2) is 11.6 Å². The number of hydrogen-bond donors (Lipinski definition) is 2. The quantitative estimate of drug-likeness (QED) is 0.784. The van der Waals surface area contributed by atoms with E-state index in [4.69, 9.17) is 0 Å². The summed E-state index contributed by atoms with van der Waals surface area (Å²) in [5.41, 5.74) is 0. The Morgan fingerprint density at radius 1 is 1.53 bits per heavy atom. The lowest BCUT2D eigenvalue weighted by Crippen LogP contribution is -2.35. The Morgan fingerprint density at radius 2 is 2.29 bits per heavy atom. The van der Waals surface area contributed by atoms with Crippen molar-refractivity contribution in [3.63, 3.8) is 0 Å². The van der Waals surface area contributed by atoms with Crippen molar-refractivity contribution in [3.05, 3.63) is 16.6 Å². The lowest BCUT2D eigenvalue weighted by atomic mass is 10.2. The first-order valence-corrected chi connectivity index (χ1v) is 6.97. The second-order valence-electron chi connectivity index (χ2n) is 4.06. The summed E-state index contributed by atoms with van der Waals surface area (Å²) in [7, 11) is 0. The lowest BCUT2D eigenvalue weighted by Gasteiger charge is -2.17. The molecule has 2 unspecified atom stereocenters. The summed E-state index contributed by atoms with van der Waals surface area (Å²) in [6.45, 7) is 7.00. The first-order valence-electron chi connectivity index (χ1n) is 6.09. The number of thiazole rings is 1. The number of hydrogen-bond acceptors (Lipinski definition) is 4. The molecule has 0 bridgehead atoms. The molecule has 17 heavy (non-hydrogen) atoms. The Morgan fingerprint density at radius 3 is 2.82 bits per heavy atom. The molecule has 0 fully saturated rings. The van der Waals surface area contributed by atoms with Gasteiger partial charge in [-0.2, -0.15) is 0 Å². The summed E-state index contributed by atoms with van der Waals surface area (Å²) in [4.78, 5) is 16.1. The highest BCUT2D eigenvalue weighted by atomic mass is 32.1. The van der Waals surface area contributed by atoms with E-state index in [1.807, 2.05) is 19.2 Å². The molecular weight excluding hydrogens is 234 g/mol. The van der Waals surface area contributed by atoms with Crippen LogP contribution in [-0.2, 0) is 4.79 Å². The Balaban J connectivity index is 2.43. The molecule has 2 atom stereocenters. The molecule has 0 spiro atoms. The van der Waals surface area contributed by atoms with Gasteiger partial charge >= 0.3 is 0 Å². The maximum atomic E-state index is 11.8. The fourth-order valence-electron chi connectivity index (χ4n) is 1.70. The third-order valence-electron chi connectivity index (χ3n) is 2.54. The molecule has 0 saturated carbocycles. The summed E-state index contributed by atoms with van der Waals surface area (Å²) in [6, 6.07) is 0.269. The smallest absolute Gasteiger partial charge is 0.222 e. The number of aromatic nitrogens is 1. The highest BCUT2D eigenvalue weighted by Crippen LogP contribution is 2.18. The topological polar surface area (TPSA) is 54.0 Å². The number of carbonyl (C=O) groups is 1. The van der Waals surface area contributed by atoms with E-state index in [1.165, 1.54) is 0 Å². The Kier molecular flexibility index (Phi) is 6.15. The predicted molar refractivity (Wildman–Crippen MR) is 71.0 cm³/mol. The molecule has 96 valence electrons. The average molecular weight is 255 g/mol. The van der Waals surface area contributed by atoms with E-state index in [2.05, 4.69) is 22.5 Å². The average Bonchev–Trinajstić information content (AvgIpc) is 2.79. The largest absolute Gasteiger partial charge is 0.347 e. The van der Waals surface area contributed by atoms with Gasteiger partial charge in [0, 0.05) is 24.0 Å². The number of rotatable bonds is 7. The molecule has 4 nitrogen and oxygen atoms in total. The number of carbonyl (C=O) groups excluding carboxylic acids is 1. The van der Waals surface area contributed by atoms with Crippen LogP contribution in [0.4, 0.5) is 0 Å². The molecule has 1 rings (SSSR count). The molecule has 1 aromatic rings. The van der Waals surface area contributed by atoms with Crippen LogP contribution in [0.25, 0.3) is 0 Å². The zero-order valence-electron chi connectivity index (χ0n) is 10.7. The van der Waals surface area contributed by atoms with Crippen LogP contribution in [0.5, 0.6) is 0 Å². The molecule has 0 aliphatic heterocycles. The van der Waals surface area contributed by atoms with Crippen molar-refractivity contribution in [1.82, 2.24) is 15.6 Å². The van der Waals surface area contributed by atoms with E-state index in [9.17, 15) is 4.79 Å². The SMILES string of the molecule is CCNC(C)CC(=O)NC(CC)c1nccs1. The summed E-state index contributed by atoms with van der Waals surface area (Å²) in [5.74, 6) is 0.0838. The van der Waals surface area contributed by atoms with Gasteiger partial charge in [0.1, 0.15) is 5.01 Å². The van der Waals surface area contributed by atoms with Crippen molar-refractivity contribution in [3.8, 4) is 0 Å². The normalized spacial score (nSPS) is 14.3. The molecule has 1 amide bonds. The lowest BCUT2D eigenvalue weighted by molar-refractivity contribution is -0.122. The van der Waals surface area contributed by atoms with Gasteiger partial charge in [0.15, 0.2) is 0 Å². The minimum Gasteiger partial charge on any atom is -0.347 e. The van der Waals surface area contributed by atoms with Crippen LogP contribution in [0, 0.1) is 0 Å². The van der Waals surface area contributed by atoms with Gasteiger partial charge in [-0.25, -0.2) is 4.98 Å². The third-order valence-corrected chi connectivity index (χ3v) is 3.43. The van der Waals surface area contributed by atoms with Crippen LogP contribution >= 0.6 is 11.3 Å². The van der Waals surface area contributed by atoms with Crippen molar-refractivity contribution in [2.75, 3.05) is 6.54 Å². The monoisotopic (exact) mass is 255 g/mol. The summed E-state index contributed by atoms with van der Waals surface area (Å²) in [6.07, 6.45) is 3.15. The van der Waals surface area contributed by atoms with Crippen LogP contribution in [-0.4, -0.2) is 23.5 Å². The van der Waals surface area contributed by atoms with Crippen molar-refractivity contribution in [1.29, 1.82) is 0 Å². The summed E-state index contributed by atoms with van der Waals surface area (Å²) >= 11 is 1.59. The zero-order valence-corrected chi connectivity index (χ0v) is 11.5. The predicted octanol–water partition coefficient (Wildman–Crippen LogP) is 2.10. The molecule has 0 aromatic carbocycles. The number of amides is 1. The minimum atomic E-state index is 0.0522. The van der Waals surface area contributed by atoms with Gasteiger partial charge in [0.2, 0.25) is 5.91 Å². The van der Waals surface area contributed by atoms with Gasteiger partial charge in [-0.05, 0) is 19.9 Å². The van der Waals surface area contributed by atoms with E-state index in [-0.39, 0.29) is 18.0 Å². The summed E-state index contributed by atoms with van der Waals surface area (Å²) < 4.78 is 0. The highest BCUT2D eigenvalue weighted by molar-refractivity contribution is 7.09. The van der Waals surface area contributed by atoms with Crippen molar-refractivity contribution in [2.24, 2.45) is 0 Å². The summed E-state index contributed by atoms with van der Waals surface area (Å²) in [5, 5.41) is 9.18. The molecule has 0 aliphatic rings. The van der Waals surface area contributed by atoms with Gasteiger partial charge in [0.05, 0.1) is 6.04 Å². The fraction of sp³-hybridized carbons (Fsp3) is 0.667. The first-order chi connectivity index (χ1) is 8.17. The molecule has 0 radical (unpaired) electrons. The maximum Gasteiger partial charge on any atom is 0.222 e. The molecule has 1 aromatic heterocycles. The molecule has 0 aliphatic carbocycles. The van der Waals surface area contributed by atoms with E-state index in [0.29, 0.717) is 6.42 Å². The van der Waals surface area contributed by atoms with Gasteiger partial charge in [-0.15, -0.1) is 11.3 Å². The van der Waals surface area contributed by atoms with E-state index in [0.717, 1.165) is 18.0 Å². The van der Waals surface area contributed by atoms with E-state index < -0.39 is 0 Å². The van der Waals surface area contributed by atoms with Crippen molar-refractivity contribution in [2.45, 2.75) is 45.7 Å². The van der Waals surface area contributed by atoms with E-state index >= 15 is 0 Å². The molecule has 1 heterocycles. The van der Waals surface area contributed by atoms with Crippen molar-refractivity contribution < 1.29 is 4.79 Å². The third kappa shape index (κ3) is 4.83. The minimum absolute atomic E-state index is 0.0522. The zero-order chi connectivity index (χ0) is 12.7. The van der Waals surface area contributed by atoms with Crippen LogP contribution in [0.1, 0.15) is 44.7 Å². The van der Waals surface area contributed by atoms with Crippen LogP contribution in [0.3, 0.4) is 0 Å². The number of nitrogens with one attached hydrogen (secondary N) is 2. The second kappa shape index (κ2) is 7.40. The Bertz CT molecular complexity index is 327. The molecule has 5 heteroatoms. The maximum absolute atomic E-state index is 11.8. The van der Waals surface area contributed by atoms with Gasteiger partial charge in [0.25, 0.3) is 0 Å². The second-order valence-corrected chi connectivity index (χ2v) is 4.99. The first kappa shape index (κ1) is 14.1. The van der Waals surface area contributed by atoms with Gasteiger partial charge in [-0.3, -0.25) is 4.79 Å². The van der Waals surface area contributed by atoms with Crippen molar-refractivity contribution >= 4 is 17.2 Å². The molecular formula is C12H21N3OS. The van der Waals surface area contributed by atoms with Gasteiger partial charge in [-0.1, -0.05) is 13.8 Å². The Hall–Kier alpha value is -0.940. The number of nitrogens with zero attached hydrogens (tertiary/aromatic N) is 1. The van der Waals surface area contributed by atoms with E-state index in [1.54, 1.807) is 17.5 Å². The van der Waals surface area contributed by atoms with Gasteiger partial charge < -0.3 is 10.6 Å². The Labute approximate surface area is 107 Å². The fourth-order valence-corrected chi connectivity index (χ4v) is 2.47. The van der Waals surface area contributed by atoms with Crippen LogP contribution < -0.4 is 10.6 Å². The van der Waals surface area contributed by atoms with Crippen LogP contribution in [0.2, 0.25) is 0 Å². The standard InChI is InChI=1S/C12H21N3OS/c1-4-10(12-14-6-7-17-12)15-11(16)8-9(3)13-5-2/h6-7,9-10,13H,4-5,8H2,1-3H3,(H,15,16). The highest BCUT2D eigenvalue weighted by Gasteiger charge is 2.16. The molecule has 0 saturated heterocycles. The molecule has 2 N–H and O–H groups in total.